The number of benzene rings is 2. The topological polar surface area (TPSA) is 54.3 Å². The maximum atomic E-state index is 12.5. The fourth-order valence-electron chi connectivity index (χ4n) is 2.47. The zero-order valence-corrected chi connectivity index (χ0v) is 13.1. The lowest BCUT2D eigenvalue weighted by atomic mass is 10.1. The lowest BCUT2D eigenvalue weighted by Crippen LogP contribution is -2.12. The van der Waals surface area contributed by atoms with Crippen LogP contribution in [0.4, 0.5) is 5.69 Å². The SMILES string of the molecule is Cc1ccc(NC(=O)c2ccc(C)c(-n3cccc3)c2)c(O)c1. The zero-order valence-electron chi connectivity index (χ0n) is 13.1. The van der Waals surface area contributed by atoms with Crippen LogP contribution in [0.3, 0.4) is 0 Å². The van der Waals surface area contributed by atoms with E-state index in [0.717, 1.165) is 16.8 Å². The molecular weight excluding hydrogens is 288 g/mol. The van der Waals surface area contributed by atoms with Gasteiger partial charge in [-0.15, -0.1) is 0 Å². The molecule has 0 radical (unpaired) electrons. The summed E-state index contributed by atoms with van der Waals surface area (Å²) in [6, 6.07) is 14.6. The molecule has 4 heteroatoms. The van der Waals surface area contributed by atoms with Crippen LogP contribution < -0.4 is 5.32 Å². The molecule has 116 valence electrons. The highest BCUT2D eigenvalue weighted by Crippen LogP contribution is 2.25. The number of hydrogen-bond donors (Lipinski definition) is 2. The van der Waals surface area contributed by atoms with Crippen LogP contribution in [-0.2, 0) is 0 Å². The predicted octanol–water partition coefficient (Wildman–Crippen LogP) is 4.05. The first kappa shape index (κ1) is 14.9. The van der Waals surface area contributed by atoms with Crippen molar-refractivity contribution in [3.05, 3.63) is 77.6 Å². The number of rotatable bonds is 3. The third-order valence-electron chi connectivity index (χ3n) is 3.76. The van der Waals surface area contributed by atoms with Crippen molar-refractivity contribution in [2.45, 2.75) is 13.8 Å². The molecule has 0 unspecified atom stereocenters. The van der Waals surface area contributed by atoms with Crippen LogP contribution in [0.25, 0.3) is 5.69 Å². The average Bonchev–Trinajstić information content (AvgIpc) is 3.04. The van der Waals surface area contributed by atoms with Crippen molar-refractivity contribution in [1.29, 1.82) is 0 Å². The molecule has 4 nitrogen and oxygen atoms in total. The van der Waals surface area contributed by atoms with E-state index in [4.69, 9.17) is 0 Å². The first-order valence-electron chi connectivity index (χ1n) is 7.39. The van der Waals surface area contributed by atoms with Gasteiger partial charge >= 0.3 is 0 Å². The van der Waals surface area contributed by atoms with Gasteiger partial charge in [-0.2, -0.15) is 0 Å². The number of carbonyl (C=O) groups is 1. The number of phenols is 1. The smallest absolute Gasteiger partial charge is 0.255 e. The Morgan fingerprint density at radius 3 is 2.48 bits per heavy atom. The number of carbonyl (C=O) groups excluding carboxylic acids is 1. The van der Waals surface area contributed by atoms with Crippen LogP contribution >= 0.6 is 0 Å². The van der Waals surface area contributed by atoms with Gasteiger partial charge in [0.25, 0.3) is 5.91 Å². The highest BCUT2D eigenvalue weighted by Gasteiger charge is 2.11. The predicted molar refractivity (Wildman–Crippen MR) is 91.3 cm³/mol. The van der Waals surface area contributed by atoms with Crippen LogP contribution in [0.15, 0.2) is 60.9 Å². The normalized spacial score (nSPS) is 10.5. The van der Waals surface area contributed by atoms with E-state index in [2.05, 4.69) is 5.32 Å². The average molecular weight is 306 g/mol. The molecule has 1 amide bonds. The summed E-state index contributed by atoms with van der Waals surface area (Å²) in [5.41, 5.74) is 3.92. The number of aryl methyl sites for hydroxylation is 2. The maximum Gasteiger partial charge on any atom is 0.255 e. The summed E-state index contributed by atoms with van der Waals surface area (Å²) in [6.45, 7) is 3.89. The molecule has 2 aromatic carbocycles. The van der Waals surface area contributed by atoms with E-state index in [1.807, 2.05) is 61.1 Å². The third-order valence-corrected chi connectivity index (χ3v) is 3.76. The molecule has 23 heavy (non-hydrogen) atoms. The van der Waals surface area contributed by atoms with Gasteiger partial charge in [0.2, 0.25) is 0 Å². The molecule has 0 saturated heterocycles. The Kier molecular flexibility index (Phi) is 3.89. The molecule has 0 saturated carbocycles. The molecule has 0 aliphatic rings. The van der Waals surface area contributed by atoms with Crippen LogP contribution in [-0.4, -0.2) is 15.6 Å². The quantitative estimate of drug-likeness (QED) is 0.717. The fraction of sp³-hybridized carbons (Fsp3) is 0.105. The monoisotopic (exact) mass is 306 g/mol. The number of aromatic nitrogens is 1. The van der Waals surface area contributed by atoms with E-state index in [1.165, 1.54) is 0 Å². The van der Waals surface area contributed by atoms with Crippen molar-refractivity contribution in [3.8, 4) is 11.4 Å². The second-order valence-corrected chi connectivity index (χ2v) is 5.57. The molecule has 0 aliphatic heterocycles. The Labute approximate surface area is 135 Å². The van der Waals surface area contributed by atoms with Crippen LogP contribution in [0.1, 0.15) is 21.5 Å². The largest absolute Gasteiger partial charge is 0.506 e. The van der Waals surface area contributed by atoms with Gasteiger partial charge in [0.15, 0.2) is 0 Å². The number of anilines is 1. The lowest BCUT2D eigenvalue weighted by molar-refractivity contribution is 0.102. The molecule has 3 aromatic rings. The molecule has 0 fully saturated rings. The molecule has 0 bridgehead atoms. The number of hydrogen-bond acceptors (Lipinski definition) is 2. The van der Waals surface area contributed by atoms with Gasteiger partial charge < -0.3 is 15.0 Å². The molecule has 1 aromatic heterocycles. The summed E-state index contributed by atoms with van der Waals surface area (Å²) in [5.74, 6) is -0.186. The first-order chi connectivity index (χ1) is 11.0. The van der Waals surface area contributed by atoms with Gasteiger partial charge in [-0.25, -0.2) is 0 Å². The van der Waals surface area contributed by atoms with Gasteiger partial charge in [0.1, 0.15) is 5.75 Å². The van der Waals surface area contributed by atoms with Crippen molar-refractivity contribution in [2.75, 3.05) is 5.32 Å². The summed E-state index contributed by atoms with van der Waals surface area (Å²) in [7, 11) is 0. The summed E-state index contributed by atoms with van der Waals surface area (Å²) in [5, 5.41) is 12.7. The minimum atomic E-state index is -0.252. The van der Waals surface area contributed by atoms with E-state index >= 15 is 0 Å². The summed E-state index contributed by atoms with van der Waals surface area (Å²) in [4.78, 5) is 12.5. The van der Waals surface area contributed by atoms with E-state index < -0.39 is 0 Å². The van der Waals surface area contributed by atoms with Crippen LogP contribution in [0.5, 0.6) is 5.75 Å². The Morgan fingerprint density at radius 2 is 1.78 bits per heavy atom. The van der Waals surface area contributed by atoms with Crippen molar-refractivity contribution >= 4 is 11.6 Å². The van der Waals surface area contributed by atoms with Gasteiger partial charge in [0, 0.05) is 23.6 Å². The van der Waals surface area contributed by atoms with Gasteiger partial charge in [-0.1, -0.05) is 12.1 Å². The minimum Gasteiger partial charge on any atom is -0.506 e. The second kappa shape index (κ2) is 6.01. The Bertz CT molecular complexity index is 852. The van der Waals surface area contributed by atoms with E-state index in [9.17, 15) is 9.90 Å². The van der Waals surface area contributed by atoms with E-state index in [1.54, 1.807) is 18.2 Å². The lowest BCUT2D eigenvalue weighted by Gasteiger charge is -2.11. The van der Waals surface area contributed by atoms with Crippen LogP contribution in [0.2, 0.25) is 0 Å². The van der Waals surface area contributed by atoms with Crippen molar-refractivity contribution in [1.82, 2.24) is 4.57 Å². The summed E-state index contributed by atoms with van der Waals surface area (Å²) >= 11 is 0. The number of nitrogens with zero attached hydrogens (tertiary/aromatic N) is 1. The van der Waals surface area contributed by atoms with Gasteiger partial charge in [-0.05, 0) is 61.4 Å². The van der Waals surface area contributed by atoms with Crippen molar-refractivity contribution < 1.29 is 9.90 Å². The standard InChI is InChI=1S/C19H18N2O2/c1-13-5-8-16(18(22)11-13)20-19(23)15-7-6-14(2)17(12-15)21-9-3-4-10-21/h3-12,22H,1-2H3,(H,20,23). The van der Waals surface area contributed by atoms with Crippen LogP contribution in [0, 0.1) is 13.8 Å². The maximum absolute atomic E-state index is 12.5. The Morgan fingerprint density at radius 1 is 1.04 bits per heavy atom. The summed E-state index contributed by atoms with van der Waals surface area (Å²) < 4.78 is 1.97. The highest BCUT2D eigenvalue weighted by molar-refractivity contribution is 6.05. The van der Waals surface area contributed by atoms with Crippen molar-refractivity contribution in [3.63, 3.8) is 0 Å². The molecule has 0 atom stereocenters. The minimum absolute atomic E-state index is 0.0658. The fourth-order valence-corrected chi connectivity index (χ4v) is 2.47. The summed E-state index contributed by atoms with van der Waals surface area (Å²) in [6.07, 6.45) is 3.88. The number of aromatic hydroxyl groups is 1. The zero-order chi connectivity index (χ0) is 16.4. The number of phenolic OH excluding ortho intramolecular Hbond substituents is 1. The van der Waals surface area contributed by atoms with Gasteiger partial charge in [0.05, 0.1) is 5.69 Å². The Balaban J connectivity index is 1.89. The number of nitrogens with one attached hydrogen (secondary N) is 1. The molecule has 0 aliphatic carbocycles. The first-order valence-corrected chi connectivity index (χ1v) is 7.39. The van der Waals surface area contributed by atoms with Crippen molar-refractivity contribution in [2.24, 2.45) is 0 Å². The second-order valence-electron chi connectivity index (χ2n) is 5.57. The molecule has 1 heterocycles. The third kappa shape index (κ3) is 3.11. The molecular formula is C19H18N2O2. The van der Waals surface area contributed by atoms with E-state index in [0.29, 0.717) is 11.3 Å². The highest BCUT2D eigenvalue weighted by atomic mass is 16.3. The van der Waals surface area contributed by atoms with E-state index in [-0.39, 0.29) is 11.7 Å². The molecule has 2 N–H and O–H groups in total. The van der Waals surface area contributed by atoms with Gasteiger partial charge in [-0.3, -0.25) is 4.79 Å². The molecule has 3 rings (SSSR count). The molecule has 0 spiro atoms. The number of amides is 1. The Hall–Kier alpha value is -3.01.